The number of ether oxygens (including phenoxy) is 2. The Kier molecular flexibility index (Phi) is 5.73. The summed E-state index contributed by atoms with van der Waals surface area (Å²) in [6.45, 7) is 0.716. The van der Waals surface area contributed by atoms with E-state index in [2.05, 4.69) is 15.9 Å². The molecule has 0 spiro atoms. The summed E-state index contributed by atoms with van der Waals surface area (Å²) in [7, 11) is 1.70. The van der Waals surface area contributed by atoms with Crippen molar-refractivity contribution in [1.29, 1.82) is 0 Å². The van der Waals surface area contributed by atoms with Crippen molar-refractivity contribution in [3.63, 3.8) is 0 Å². The molecule has 0 radical (unpaired) electrons. The highest BCUT2D eigenvalue weighted by Gasteiger charge is 2.05. The molecule has 0 bridgehead atoms. The van der Waals surface area contributed by atoms with Crippen molar-refractivity contribution in [2.45, 2.75) is 6.42 Å². The molecule has 0 fully saturated rings. The van der Waals surface area contributed by atoms with Crippen molar-refractivity contribution >= 4 is 33.1 Å². The Bertz CT molecular complexity index is 629. The lowest BCUT2D eigenvalue weighted by atomic mass is 10.1. The molecular weight excluding hydrogens is 350 g/mol. The van der Waals surface area contributed by atoms with Gasteiger partial charge in [0, 0.05) is 17.1 Å². The fourth-order valence-electron chi connectivity index (χ4n) is 1.84. The molecule has 3 nitrogen and oxygen atoms in total. The number of hydrogen-bond acceptors (Lipinski definition) is 3. The summed E-state index contributed by atoms with van der Waals surface area (Å²) in [6.07, 6.45) is 0.894. The average Bonchev–Trinajstić information content (AvgIpc) is 2.46. The minimum Gasteiger partial charge on any atom is -0.457 e. The molecule has 0 saturated heterocycles. The Morgan fingerprint density at radius 2 is 1.81 bits per heavy atom. The van der Waals surface area contributed by atoms with E-state index in [1.54, 1.807) is 7.11 Å². The predicted octanol–water partition coefficient (Wildman–Crippen LogP) is 4.06. The zero-order chi connectivity index (χ0) is 15.2. The van der Waals surface area contributed by atoms with Gasteiger partial charge in [0.25, 0.3) is 0 Å². The summed E-state index contributed by atoms with van der Waals surface area (Å²) in [5.41, 5.74) is 7.64. The molecule has 0 heterocycles. The van der Waals surface area contributed by atoms with Gasteiger partial charge >= 0.3 is 0 Å². The maximum atomic E-state index is 5.81. The molecule has 0 unspecified atom stereocenters. The molecule has 2 aromatic rings. The summed E-state index contributed by atoms with van der Waals surface area (Å²) in [4.78, 5) is 0.357. The predicted molar refractivity (Wildman–Crippen MR) is 92.1 cm³/mol. The van der Waals surface area contributed by atoms with E-state index in [1.807, 2.05) is 42.5 Å². The minimum absolute atomic E-state index is 0.357. The van der Waals surface area contributed by atoms with E-state index in [4.69, 9.17) is 27.4 Å². The highest BCUT2D eigenvalue weighted by Crippen LogP contribution is 2.27. The first kappa shape index (κ1) is 15.9. The number of nitrogens with two attached hydrogens (primary N) is 1. The maximum Gasteiger partial charge on any atom is 0.128 e. The van der Waals surface area contributed by atoms with Gasteiger partial charge in [-0.1, -0.05) is 24.4 Å². The Morgan fingerprint density at radius 3 is 2.38 bits per heavy atom. The Labute approximate surface area is 138 Å². The van der Waals surface area contributed by atoms with Crippen molar-refractivity contribution in [2.24, 2.45) is 5.73 Å². The second-order valence-corrected chi connectivity index (χ2v) is 5.79. The van der Waals surface area contributed by atoms with E-state index in [9.17, 15) is 0 Å². The lowest BCUT2D eigenvalue weighted by Crippen LogP contribution is -2.09. The van der Waals surface area contributed by atoms with Gasteiger partial charge in [-0.25, -0.2) is 0 Å². The van der Waals surface area contributed by atoms with E-state index in [0.29, 0.717) is 11.6 Å². The highest BCUT2D eigenvalue weighted by atomic mass is 79.9. The summed E-state index contributed by atoms with van der Waals surface area (Å²) in [5.74, 6) is 1.51. The SMILES string of the molecule is COCCc1ccc(Oc2ccc(C(N)=S)c(Br)c2)cc1. The van der Waals surface area contributed by atoms with Crippen molar-refractivity contribution in [1.82, 2.24) is 0 Å². The van der Waals surface area contributed by atoms with Gasteiger partial charge in [-0.15, -0.1) is 0 Å². The van der Waals surface area contributed by atoms with Crippen molar-refractivity contribution in [3.05, 3.63) is 58.1 Å². The van der Waals surface area contributed by atoms with Crippen LogP contribution in [0.15, 0.2) is 46.9 Å². The van der Waals surface area contributed by atoms with Gasteiger partial charge in [-0.05, 0) is 58.2 Å². The normalized spacial score (nSPS) is 10.4. The lowest BCUT2D eigenvalue weighted by molar-refractivity contribution is 0.202. The third-order valence-corrected chi connectivity index (χ3v) is 3.84. The lowest BCUT2D eigenvalue weighted by Gasteiger charge is -2.09. The summed E-state index contributed by atoms with van der Waals surface area (Å²) < 4.78 is 11.7. The Balaban J connectivity index is 2.07. The van der Waals surface area contributed by atoms with Gasteiger partial charge in [0.1, 0.15) is 16.5 Å². The number of halogens is 1. The molecule has 0 aliphatic heterocycles. The molecule has 2 N–H and O–H groups in total. The highest BCUT2D eigenvalue weighted by molar-refractivity contribution is 9.10. The molecule has 21 heavy (non-hydrogen) atoms. The standard InChI is InChI=1S/C16H16BrNO2S/c1-19-9-8-11-2-4-12(5-3-11)20-13-6-7-14(16(18)21)15(17)10-13/h2-7,10H,8-9H2,1H3,(H2,18,21). The first-order valence-corrected chi connectivity index (χ1v) is 7.65. The van der Waals surface area contributed by atoms with Crippen LogP contribution in [0.3, 0.4) is 0 Å². The van der Waals surface area contributed by atoms with E-state index in [1.165, 1.54) is 5.56 Å². The molecule has 110 valence electrons. The molecule has 0 amide bonds. The first-order chi connectivity index (χ1) is 10.1. The van der Waals surface area contributed by atoms with Crippen molar-refractivity contribution in [3.8, 4) is 11.5 Å². The van der Waals surface area contributed by atoms with Crippen LogP contribution >= 0.6 is 28.1 Å². The molecule has 0 aliphatic rings. The molecule has 0 aromatic heterocycles. The Hall–Kier alpha value is -1.43. The molecule has 0 aliphatic carbocycles. The van der Waals surface area contributed by atoms with E-state index in [0.717, 1.165) is 28.0 Å². The quantitative estimate of drug-likeness (QED) is 0.783. The molecule has 2 aromatic carbocycles. The maximum absolute atomic E-state index is 5.81. The van der Waals surface area contributed by atoms with Crippen molar-refractivity contribution in [2.75, 3.05) is 13.7 Å². The Morgan fingerprint density at radius 1 is 1.14 bits per heavy atom. The average molecular weight is 366 g/mol. The van der Waals surface area contributed by atoms with Gasteiger partial charge in [0.15, 0.2) is 0 Å². The van der Waals surface area contributed by atoms with Crippen LogP contribution < -0.4 is 10.5 Å². The number of methoxy groups -OCH3 is 1. The molecule has 0 saturated carbocycles. The first-order valence-electron chi connectivity index (χ1n) is 6.45. The van der Waals surface area contributed by atoms with E-state index in [-0.39, 0.29) is 0 Å². The van der Waals surface area contributed by atoms with Gasteiger partial charge in [0.2, 0.25) is 0 Å². The van der Waals surface area contributed by atoms with Gasteiger partial charge in [-0.3, -0.25) is 0 Å². The van der Waals surface area contributed by atoms with Crippen LogP contribution in [0.5, 0.6) is 11.5 Å². The molecule has 5 heteroatoms. The van der Waals surface area contributed by atoms with Crippen LogP contribution in [0.25, 0.3) is 0 Å². The second-order valence-electron chi connectivity index (χ2n) is 4.49. The smallest absolute Gasteiger partial charge is 0.128 e. The van der Waals surface area contributed by atoms with Crippen LogP contribution in [0, 0.1) is 0 Å². The third kappa shape index (κ3) is 4.52. The minimum atomic E-state index is 0.357. The number of hydrogen-bond donors (Lipinski definition) is 1. The van der Waals surface area contributed by atoms with Crippen LogP contribution in [0.1, 0.15) is 11.1 Å². The summed E-state index contributed by atoms with van der Waals surface area (Å²) >= 11 is 8.41. The number of rotatable bonds is 6. The second kappa shape index (κ2) is 7.54. The van der Waals surface area contributed by atoms with Crippen molar-refractivity contribution < 1.29 is 9.47 Å². The van der Waals surface area contributed by atoms with Crippen LogP contribution in [0.2, 0.25) is 0 Å². The summed E-state index contributed by atoms with van der Waals surface area (Å²) in [6, 6.07) is 13.5. The largest absolute Gasteiger partial charge is 0.457 e. The fraction of sp³-hybridized carbons (Fsp3) is 0.188. The molecule has 2 rings (SSSR count). The van der Waals surface area contributed by atoms with Crippen LogP contribution in [-0.4, -0.2) is 18.7 Å². The van der Waals surface area contributed by atoms with Gasteiger partial charge in [-0.2, -0.15) is 0 Å². The van der Waals surface area contributed by atoms with Gasteiger partial charge < -0.3 is 15.2 Å². The third-order valence-electron chi connectivity index (χ3n) is 2.96. The van der Waals surface area contributed by atoms with Gasteiger partial charge in [0.05, 0.1) is 6.61 Å². The fourth-order valence-corrected chi connectivity index (χ4v) is 2.72. The zero-order valence-corrected chi connectivity index (χ0v) is 14.0. The summed E-state index contributed by atoms with van der Waals surface area (Å²) in [5, 5.41) is 0. The monoisotopic (exact) mass is 365 g/mol. The molecular formula is C16H16BrNO2S. The van der Waals surface area contributed by atoms with Crippen LogP contribution in [-0.2, 0) is 11.2 Å². The topological polar surface area (TPSA) is 44.5 Å². The number of thiocarbonyl (C=S) groups is 1. The van der Waals surface area contributed by atoms with E-state index >= 15 is 0 Å². The molecule has 0 atom stereocenters. The number of benzene rings is 2. The van der Waals surface area contributed by atoms with E-state index < -0.39 is 0 Å². The zero-order valence-electron chi connectivity index (χ0n) is 11.6. The van der Waals surface area contributed by atoms with Crippen LogP contribution in [0.4, 0.5) is 0 Å².